The van der Waals surface area contributed by atoms with Gasteiger partial charge in [0, 0.05) is 43.8 Å². The van der Waals surface area contributed by atoms with Crippen LogP contribution in [0.4, 0.5) is 0 Å². The van der Waals surface area contributed by atoms with Crippen molar-refractivity contribution in [2.24, 2.45) is 0 Å². The fourth-order valence-electron chi connectivity index (χ4n) is 3.25. The summed E-state index contributed by atoms with van der Waals surface area (Å²) in [5.74, 6) is -0.153. The first-order valence-corrected chi connectivity index (χ1v) is 9.29. The monoisotopic (exact) mass is 365 g/mol. The standard InChI is InChI=1S/C20H23N5O2/c26-20(22-7-4-9-24-11-13-27-14-12-24)17-15-25-10-8-21-18(19(25)23-17)16-5-2-1-3-6-16/h1-3,5-6,8,10,15H,4,7,9,11-14H2,(H,22,26). The Bertz CT molecular complexity index is 903. The molecule has 1 amide bonds. The van der Waals surface area contributed by atoms with E-state index in [-0.39, 0.29) is 5.91 Å². The molecule has 7 heteroatoms. The molecular weight excluding hydrogens is 342 g/mol. The van der Waals surface area contributed by atoms with E-state index in [1.807, 2.05) is 40.9 Å². The van der Waals surface area contributed by atoms with Crippen LogP contribution in [-0.2, 0) is 4.74 Å². The van der Waals surface area contributed by atoms with Gasteiger partial charge in [0.2, 0.25) is 0 Å². The number of benzene rings is 1. The van der Waals surface area contributed by atoms with Crippen molar-refractivity contribution < 1.29 is 9.53 Å². The van der Waals surface area contributed by atoms with Crippen LogP contribution in [0.15, 0.2) is 48.9 Å². The molecule has 4 rings (SSSR count). The molecule has 1 fully saturated rings. The Balaban J connectivity index is 1.40. The molecule has 1 aromatic carbocycles. The Morgan fingerprint density at radius 2 is 2.00 bits per heavy atom. The third-order valence-corrected chi connectivity index (χ3v) is 4.70. The van der Waals surface area contributed by atoms with E-state index in [1.165, 1.54) is 0 Å². The summed E-state index contributed by atoms with van der Waals surface area (Å²) in [7, 11) is 0. The third kappa shape index (κ3) is 4.15. The quantitative estimate of drug-likeness (QED) is 0.675. The van der Waals surface area contributed by atoms with E-state index in [4.69, 9.17) is 4.74 Å². The van der Waals surface area contributed by atoms with Crippen LogP contribution in [-0.4, -0.2) is 64.6 Å². The van der Waals surface area contributed by atoms with Crippen LogP contribution in [0.2, 0.25) is 0 Å². The Kier molecular flexibility index (Phi) is 5.41. The molecule has 0 spiro atoms. The van der Waals surface area contributed by atoms with Crippen molar-refractivity contribution >= 4 is 11.6 Å². The van der Waals surface area contributed by atoms with Crippen molar-refractivity contribution in [3.63, 3.8) is 0 Å². The predicted molar refractivity (Wildman–Crippen MR) is 103 cm³/mol. The van der Waals surface area contributed by atoms with Crippen molar-refractivity contribution in [2.45, 2.75) is 6.42 Å². The summed E-state index contributed by atoms with van der Waals surface area (Å²) in [4.78, 5) is 23.8. The molecule has 0 saturated carbocycles. The van der Waals surface area contributed by atoms with Gasteiger partial charge in [0.25, 0.3) is 5.91 Å². The number of rotatable bonds is 6. The maximum absolute atomic E-state index is 12.5. The van der Waals surface area contributed by atoms with Crippen LogP contribution in [0.3, 0.4) is 0 Å². The maximum atomic E-state index is 12.5. The zero-order valence-corrected chi connectivity index (χ0v) is 15.2. The van der Waals surface area contributed by atoms with Gasteiger partial charge in [-0.05, 0) is 13.0 Å². The number of carbonyl (C=O) groups is 1. The lowest BCUT2D eigenvalue weighted by atomic mass is 10.1. The molecule has 7 nitrogen and oxygen atoms in total. The van der Waals surface area contributed by atoms with Crippen LogP contribution in [0.1, 0.15) is 16.9 Å². The van der Waals surface area contributed by atoms with E-state index < -0.39 is 0 Å². The highest BCUT2D eigenvalue weighted by atomic mass is 16.5. The van der Waals surface area contributed by atoms with Crippen LogP contribution < -0.4 is 5.32 Å². The highest BCUT2D eigenvalue weighted by Crippen LogP contribution is 2.21. The van der Waals surface area contributed by atoms with Crippen LogP contribution >= 0.6 is 0 Å². The first kappa shape index (κ1) is 17.6. The van der Waals surface area contributed by atoms with Gasteiger partial charge in [0.15, 0.2) is 5.65 Å². The van der Waals surface area contributed by atoms with Crippen molar-refractivity contribution in [3.05, 3.63) is 54.6 Å². The summed E-state index contributed by atoms with van der Waals surface area (Å²) in [6, 6.07) is 9.87. The predicted octanol–water partition coefficient (Wildman–Crippen LogP) is 1.85. The van der Waals surface area contributed by atoms with Crippen molar-refractivity contribution in [1.82, 2.24) is 24.6 Å². The average molecular weight is 365 g/mol. The molecule has 140 valence electrons. The molecular formula is C20H23N5O2. The van der Waals surface area contributed by atoms with Gasteiger partial charge < -0.3 is 14.5 Å². The minimum atomic E-state index is -0.153. The number of fused-ring (bicyclic) bond motifs is 1. The van der Waals surface area contributed by atoms with E-state index in [1.54, 1.807) is 12.4 Å². The normalized spacial score (nSPS) is 15.1. The highest BCUT2D eigenvalue weighted by Gasteiger charge is 2.14. The van der Waals surface area contributed by atoms with Crippen molar-refractivity contribution in [1.29, 1.82) is 0 Å². The van der Waals surface area contributed by atoms with E-state index in [9.17, 15) is 4.79 Å². The van der Waals surface area contributed by atoms with Gasteiger partial charge in [0.05, 0.1) is 13.2 Å². The molecule has 27 heavy (non-hydrogen) atoms. The lowest BCUT2D eigenvalue weighted by Gasteiger charge is -2.26. The van der Waals surface area contributed by atoms with Crippen LogP contribution in [0.5, 0.6) is 0 Å². The lowest BCUT2D eigenvalue weighted by molar-refractivity contribution is 0.0374. The molecule has 0 atom stereocenters. The number of aromatic nitrogens is 3. The van der Waals surface area contributed by atoms with Gasteiger partial charge in [0.1, 0.15) is 11.4 Å². The number of hydrogen-bond donors (Lipinski definition) is 1. The van der Waals surface area contributed by atoms with E-state index >= 15 is 0 Å². The molecule has 0 bridgehead atoms. The molecule has 3 heterocycles. The average Bonchev–Trinajstić information content (AvgIpc) is 3.17. The minimum Gasteiger partial charge on any atom is -0.379 e. The molecule has 1 aliphatic heterocycles. The number of imidazole rings is 1. The molecule has 3 aromatic rings. The SMILES string of the molecule is O=C(NCCCN1CCOCC1)c1cn2ccnc(-c3ccccc3)c2n1. The second kappa shape index (κ2) is 8.28. The molecule has 0 aliphatic carbocycles. The molecule has 1 N–H and O–H groups in total. The van der Waals surface area contributed by atoms with Gasteiger partial charge in [-0.15, -0.1) is 0 Å². The van der Waals surface area contributed by atoms with Gasteiger partial charge in [-0.25, -0.2) is 4.98 Å². The second-order valence-electron chi connectivity index (χ2n) is 6.56. The highest BCUT2D eigenvalue weighted by molar-refractivity contribution is 5.93. The number of nitrogens with one attached hydrogen (secondary N) is 1. The van der Waals surface area contributed by atoms with E-state index in [0.29, 0.717) is 17.9 Å². The smallest absolute Gasteiger partial charge is 0.271 e. The van der Waals surface area contributed by atoms with Crippen molar-refractivity contribution in [3.8, 4) is 11.3 Å². The Morgan fingerprint density at radius 1 is 1.19 bits per heavy atom. The molecule has 0 unspecified atom stereocenters. The summed E-state index contributed by atoms with van der Waals surface area (Å²) >= 11 is 0. The molecule has 1 aliphatic rings. The Hall–Kier alpha value is -2.77. The summed E-state index contributed by atoms with van der Waals surface area (Å²) in [6.07, 6.45) is 6.20. The Morgan fingerprint density at radius 3 is 2.81 bits per heavy atom. The van der Waals surface area contributed by atoms with Gasteiger partial charge in [-0.1, -0.05) is 30.3 Å². The number of hydrogen-bond acceptors (Lipinski definition) is 5. The minimum absolute atomic E-state index is 0.153. The summed E-state index contributed by atoms with van der Waals surface area (Å²) in [6.45, 7) is 5.13. The second-order valence-corrected chi connectivity index (χ2v) is 6.56. The van der Waals surface area contributed by atoms with E-state index in [0.717, 1.165) is 50.5 Å². The van der Waals surface area contributed by atoms with Crippen molar-refractivity contribution in [2.75, 3.05) is 39.4 Å². The van der Waals surface area contributed by atoms with E-state index in [2.05, 4.69) is 20.2 Å². The zero-order valence-electron chi connectivity index (χ0n) is 15.2. The number of carbonyl (C=O) groups excluding carboxylic acids is 1. The first-order valence-electron chi connectivity index (χ1n) is 9.29. The van der Waals surface area contributed by atoms with Gasteiger partial charge in [-0.2, -0.15) is 0 Å². The summed E-state index contributed by atoms with van der Waals surface area (Å²) in [5.41, 5.74) is 2.84. The molecule has 2 aromatic heterocycles. The summed E-state index contributed by atoms with van der Waals surface area (Å²) < 4.78 is 7.19. The molecule has 1 saturated heterocycles. The fraction of sp³-hybridized carbons (Fsp3) is 0.350. The van der Waals surface area contributed by atoms with Gasteiger partial charge >= 0.3 is 0 Å². The number of amides is 1. The topological polar surface area (TPSA) is 71.8 Å². The summed E-state index contributed by atoms with van der Waals surface area (Å²) in [5, 5.41) is 2.97. The maximum Gasteiger partial charge on any atom is 0.271 e. The number of morpholine rings is 1. The van der Waals surface area contributed by atoms with Gasteiger partial charge in [-0.3, -0.25) is 14.7 Å². The largest absolute Gasteiger partial charge is 0.379 e. The number of nitrogens with zero attached hydrogens (tertiary/aromatic N) is 4. The Labute approximate surface area is 158 Å². The molecule has 0 radical (unpaired) electrons. The zero-order chi connectivity index (χ0) is 18.5. The fourth-order valence-corrected chi connectivity index (χ4v) is 3.25. The van der Waals surface area contributed by atoms with Crippen LogP contribution in [0, 0.1) is 0 Å². The number of ether oxygens (including phenoxy) is 1. The first-order chi connectivity index (χ1) is 13.3. The third-order valence-electron chi connectivity index (χ3n) is 4.70. The van der Waals surface area contributed by atoms with Crippen LogP contribution in [0.25, 0.3) is 16.9 Å². The lowest BCUT2D eigenvalue weighted by Crippen LogP contribution is -2.38.